The van der Waals surface area contributed by atoms with E-state index in [0.717, 1.165) is 16.3 Å². The monoisotopic (exact) mass is 334 g/mol. The molecule has 0 saturated carbocycles. The van der Waals surface area contributed by atoms with Gasteiger partial charge in [-0.05, 0) is 0 Å². The maximum absolute atomic E-state index is 12.8. The molecule has 2 aromatic rings. The number of thioether (sulfide) groups is 1. The Bertz CT molecular complexity index is 877. The minimum atomic E-state index is -2.33. The largest absolute Gasteiger partial charge is 0.332 e. The first-order valence-electron chi connectivity index (χ1n) is 6.20. The van der Waals surface area contributed by atoms with E-state index < -0.39 is 29.6 Å². The van der Waals surface area contributed by atoms with Gasteiger partial charge in [-0.1, -0.05) is 11.8 Å². The van der Waals surface area contributed by atoms with Crippen LogP contribution in [0, 0.1) is 0 Å². The van der Waals surface area contributed by atoms with Gasteiger partial charge in [0.25, 0.3) is 5.56 Å². The molecule has 0 N–H and O–H groups in total. The summed E-state index contributed by atoms with van der Waals surface area (Å²) in [4.78, 5) is 28.1. The predicted molar refractivity (Wildman–Crippen MR) is 76.9 cm³/mol. The van der Waals surface area contributed by atoms with E-state index in [-0.39, 0.29) is 16.9 Å². The highest BCUT2D eigenvalue weighted by Gasteiger charge is 2.17. The number of hydrogen-bond acceptors (Lipinski definition) is 4. The third-order valence-electron chi connectivity index (χ3n) is 3.19. The van der Waals surface area contributed by atoms with E-state index in [0.29, 0.717) is 5.16 Å². The number of rotatable bonds is 4. The van der Waals surface area contributed by atoms with Crippen molar-refractivity contribution in [3.05, 3.63) is 32.7 Å². The second kappa shape index (κ2) is 6.03. The number of fused-ring (bicyclic) bond motifs is 1. The molecule has 0 aromatic carbocycles. The Morgan fingerprint density at radius 3 is 2.32 bits per heavy atom. The van der Waals surface area contributed by atoms with E-state index in [9.17, 15) is 22.8 Å². The first-order chi connectivity index (χ1) is 10.3. The van der Waals surface area contributed by atoms with Gasteiger partial charge in [0.15, 0.2) is 22.1 Å². The molecule has 6 nitrogen and oxygen atoms in total. The lowest BCUT2D eigenvalue weighted by atomic mass is 10.4. The molecule has 2 rings (SSSR count). The van der Waals surface area contributed by atoms with Gasteiger partial charge in [0.05, 0.1) is 0 Å². The Morgan fingerprint density at radius 1 is 1.09 bits per heavy atom. The quantitative estimate of drug-likeness (QED) is 0.796. The number of nitrogens with zero attached hydrogens (tertiary/aromatic N) is 4. The van der Waals surface area contributed by atoms with E-state index in [2.05, 4.69) is 4.98 Å². The average Bonchev–Trinajstić information content (AvgIpc) is 2.80. The van der Waals surface area contributed by atoms with Crippen LogP contribution in [-0.4, -0.2) is 24.4 Å². The highest BCUT2D eigenvalue weighted by atomic mass is 32.2. The molecular formula is C12H13F3N4O2S. The smallest absolute Gasteiger partial charge is 0.316 e. The molecular weight excluding hydrogens is 321 g/mol. The molecule has 0 atom stereocenters. The van der Waals surface area contributed by atoms with Crippen LogP contribution in [0.5, 0.6) is 0 Å². The number of allylic oxidation sites excluding steroid dienone is 1. The van der Waals surface area contributed by atoms with Gasteiger partial charge in [-0.2, -0.15) is 8.78 Å². The molecule has 0 radical (unpaired) electrons. The van der Waals surface area contributed by atoms with Crippen molar-refractivity contribution in [3.8, 4) is 0 Å². The van der Waals surface area contributed by atoms with Crippen molar-refractivity contribution in [2.75, 3.05) is 5.75 Å². The maximum atomic E-state index is 12.8. The van der Waals surface area contributed by atoms with E-state index >= 15 is 0 Å². The number of aryl methyl sites for hydroxylation is 2. The molecule has 0 aliphatic carbocycles. The highest BCUT2D eigenvalue weighted by Crippen LogP contribution is 2.23. The van der Waals surface area contributed by atoms with Crippen LogP contribution in [0.2, 0.25) is 0 Å². The normalized spacial score (nSPS) is 11.2. The molecule has 0 spiro atoms. The van der Waals surface area contributed by atoms with Gasteiger partial charge < -0.3 is 4.57 Å². The van der Waals surface area contributed by atoms with Gasteiger partial charge in [0.2, 0.25) is 0 Å². The first-order valence-corrected chi connectivity index (χ1v) is 7.19. The zero-order valence-corrected chi connectivity index (χ0v) is 12.9. The molecule has 0 amide bonds. The minimum absolute atomic E-state index is 0.0363. The van der Waals surface area contributed by atoms with Crippen molar-refractivity contribution in [1.29, 1.82) is 0 Å². The van der Waals surface area contributed by atoms with Crippen LogP contribution in [0.15, 0.2) is 26.7 Å². The lowest BCUT2D eigenvalue weighted by Gasteiger charge is -2.03. The van der Waals surface area contributed by atoms with Crippen LogP contribution in [0.25, 0.3) is 11.2 Å². The van der Waals surface area contributed by atoms with Crippen molar-refractivity contribution in [3.63, 3.8) is 0 Å². The van der Waals surface area contributed by atoms with Crippen LogP contribution in [0.4, 0.5) is 13.2 Å². The summed E-state index contributed by atoms with van der Waals surface area (Å²) in [6, 6.07) is 0. The number of hydrogen-bond donors (Lipinski definition) is 0. The van der Waals surface area contributed by atoms with E-state index in [4.69, 9.17) is 0 Å². The second-order valence-corrected chi connectivity index (χ2v) is 5.66. The van der Waals surface area contributed by atoms with Crippen molar-refractivity contribution in [2.45, 2.75) is 11.6 Å². The molecule has 0 bridgehead atoms. The molecule has 22 heavy (non-hydrogen) atoms. The molecule has 0 saturated heterocycles. The van der Waals surface area contributed by atoms with E-state index in [1.807, 2.05) is 0 Å². The van der Waals surface area contributed by atoms with E-state index in [1.165, 1.54) is 23.2 Å². The zero-order chi connectivity index (χ0) is 16.6. The summed E-state index contributed by atoms with van der Waals surface area (Å²) in [5.41, 5.74) is -0.591. The predicted octanol–water partition coefficient (Wildman–Crippen LogP) is 1.53. The van der Waals surface area contributed by atoms with Crippen molar-refractivity contribution >= 4 is 22.9 Å². The topological polar surface area (TPSA) is 61.8 Å². The maximum Gasteiger partial charge on any atom is 0.332 e. The molecule has 0 unspecified atom stereocenters. The van der Waals surface area contributed by atoms with Gasteiger partial charge >= 0.3 is 11.8 Å². The average molecular weight is 334 g/mol. The number of halogens is 3. The third kappa shape index (κ3) is 2.70. The lowest BCUT2D eigenvalue weighted by Crippen LogP contribution is -2.37. The Labute approximate surface area is 126 Å². The third-order valence-corrected chi connectivity index (χ3v) is 4.22. The standard InChI is InChI=1S/C12H13F3N4O2S/c1-17-7-9(18(2)12(21)19(3)10(7)20)16-11(17)22-5-4-6(13)8(14)15/h4-5H2,1-3H3. The molecule has 2 aromatic heterocycles. The summed E-state index contributed by atoms with van der Waals surface area (Å²) in [5.74, 6) is -1.43. The number of aromatic nitrogens is 4. The van der Waals surface area contributed by atoms with Gasteiger partial charge in [0.1, 0.15) is 0 Å². The Morgan fingerprint density at radius 2 is 1.73 bits per heavy atom. The summed E-state index contributed by atoms with van der Waals surface area (Å²) >= 11 is 1.03. The molecule has 0 aliphatic heterocycles. The van der Waals surface area contributed by atoms with Crippen molar-refractivity contribution < 1.29 is 13.2 Å². The summed E-state index contributed by atoms with van der Waals surface area (Å²) in [6.45, 7) is 0. The second-order valence-electron chi connectivity index (χ2n) is 4.60. The Hall–Kier alpha value is -1.97. The Balaban J connectivity index is 2.42. The molecule has 120 valence electrons. The minimum Gasteiger partial charge on any atom is -0.316 e. The number of imidazole rings is 1. The van der Waals surface area contributed by atoms with Crippen LogP contribution >= 0.6 is 11.8 Å². The lowest BCUT2D eigenvalue weighted by molar-refractivity contribution is 0.373. The van der Waals surface area contributed by atoms with Crippen molar-refractivity contribution in [2.24, 2.45) is 21.1 Å². The summed E-state index contributed by atoms with van der Waals surface area (Å²) in [7, 11) is 4.41. The molecule has 0 fully saturated rings. The van der Waals surface area contributed by atoms with Gasteiger partial charge in [-0.15, -0.1) is 0 Å². The van der Waals surface area contributed by atoms with Crippen LogP contribution in [0.1, 0.15) is 6.42 Å². The SMILES string of the molecule is Cn1c(=O)c2c(nc(SCCC(F)=C(F)F)n2C)n(C)c1=O. The van der Waals surface area contributed by atoms with Gasteiger partial charge in [-0.25, -0.2) is 14.2 Å². The van der Waals surface area contributed by atoms with E-state index in [1.54, 1.807) is 7.05 Å². The molecule has 2 heterocycles. The zero-order valence-electron chi connectivity index (χ0n) is 12.1. The summed E-state index contributed by atoms with van der Waals surface area (Å²) in [6.07, 6.45) is -2.77. The van der Waals surface area contributed by atoms with Crippen molar-refractivity contribution in [1.82, 2.24) is 18.7 Å². The fraction of sp³-hybridized carbons (Fsp3) is 0.417. The van der Waals surface area contributed by atoms with Crippen LogP contribution < -0.4 is 11.2 Å². The van der Waals surface area contributed by atoms with Crippen LogP contribution in [0.3, 0.4) is 0 Å². The fourth-order valence-corrected chi connectivity index (χ4v) is 2.85. The molecule has 0 aliphatic rings. The van der Waals surface area contributed by atoms with Gasteiger partial charge in [0, 0.05) is 33.3 Å². The van der Waals surface area contributed by atoms with Crippen LogP contribution in [-0.2, 0) is 21.1 Å². The first kappa shape index (κ1) is 16.4. The Kier molecular flexibility index (Phi) is 4.50. The fourth-order valence-electron chi connectivity index (χ4n) is 1.95. The van der Waals surface area contributed by atoms with Gasteiger partial charge in [-0.3, -0.25) is 13.9 Å². The summed E-state index contributed by atoms with van der Waals surface area (Å²) < 4.78 is 40.4. The molecule has 10 heteroatoms. The summed E-state index contributed by atoms with van der Waals surface area (Å²) in [5, 5.41) is 0.348. The highest BCUT2D eigenvalue weighted by molar-refractivity contribution is 7.99.